The second-order valence-electron chi connectivity index (χ2n) is 3.33. The van der Waals surface area contributed by atoms with Gasteiger partial charge in [0.15, 0.2) is 5.82 Å². The van der Waals surface area contributed by atoms with Crippen molar-refractivity contribution in [2.24, 2.45) is 0 Å². The third-order valence-electron chi connectivity index (χ3n) is 2.18. The van der Waals surface area contributed by atoms with Crippen molar-refractivity contribution in [2.45, 2.75) is 13.8 Å². The van der Waals surface area contributed by atoms with Gasteiger partial charge in [0.25, 0.3) is 5.89 Å². The largest absolute Gasteiger partial charge is 0.496 e. The van der Waals surface area contributed by atoms with Gasteiger partial charge in [-0.15, -0.1) is 0 Å². The summed E-state index contributed by atoms with van der Waals surface area (Å²) in [7, 11) is 1.64. The highest BCUT2D eigenvalue weighted by molar-refractivity contribution is 5.57. The molecule has 0 spiro atoms. The molecule has 0 saturated heterocycles. The Morgan fingerprint density at radius 2 is 2.07 bits per heavy atom. The SMILES string of the molecule is COc1cc(-c2nc(C)no2)ccc1C. The standard InChI is InChI=1S/C11H12N2O2/c1-7-4-5-9(6-10(7)14-3)11-12-8(2)13-15-11/h4-6H,1-3H3. The molecule has 0 aliphatic rings. The molecule has 0 radical (unpaired) electrons. The summed E-state index contributed by atoms with van der Waals surface area (Å²) in [4.78, 5) is 4.15. The van der Waals surface area contributed by atoms with Gasteiger partial charge < -0.3 is 9.26 Å². The van der Waals surface area contributed by atoms with Gasteiger partial charge in [-0.1, -0.05) is 11.2 Å². The number of hydrogen-bond donors (Lipinski definition) is 0. The highest BCUT2D eigenvalue weighted by Crippen LogP contribution is 2.25. The predicted molar refractivity (Wildman–Crippen MR) is 55.8 cm³/mol. The molecule has 2 rings (SSSR count). The number of aromatic nitrogens is 2. The van der Waals surface area contributed by atoms with Crippen LogP contribution in [-0.4, -0.2) is 17.3 Å². The Morgan fingerprint density at radius 1 is 1.27 bits per heavy atom. The van der Waals surface area contributed by atoms with E-state index in [1.807, 2.05) is 25.1 Å². The van der Waals surface area contributed by atoms with Crippen LogP contribution < -0.4 is 4.74 Å². The molecule has 0 atom stereocenters. The Balaban J connectivity index is 2.45. The number of methoxy groups -OCH3 is 1. The highest BCUT2D eigenvalue weighted by atomic mass is 16.5. The van der Waals surface area contributed by atoms with E-state index in [2.05, 4.69) is 10.1 Å². The van der Waals surface area contributed by atoms with E-state index in [4.69, 9.17) is 9.26 Å². The Kier molecular flexibility index (Phi) is 2.41. The van der Waals surface area contributed by atoms with Crippen molar-refractivity contribution in [1.82, 2.24) is 10.1 Å². The Morgan fingerprint density at radius 3 is 2.67 bits per heavy atom. The van der Waals surface area contributed by atoms with Crippen LogP contribution in [0.4, 0.5) is 0 Å². The molecule has 1 aromatic carbocycles. The minimum Gasteiger partial charge on any atom is -0.496 e. The first-order chi connectivity index (χ1) is 7.20. The fourth-order valence-corrected chi connectivity index (χ4v) is 1.37. The summed E-state index contributed by atoms with van der Waals surface area (Å²) in [5.74, 6) is 1.97. The van der Waals surface area contributed by atoms with Crippen LogP contribution in [0.3, 0.4) is 0 Å². The van der Waals surface area contributed by atoms with Crippen LogP contribution in [0, 0.1) is 13.8 Å². The molecule has 0 amide bonds. The maximum Gasteiger partial charge on any atom is 0.258 e. The smallest absolute Gasteiger partial charge is 0.258 e. The molecule has 2 aromatic rings. The molecule has 1 heterocycles. The first-order valence-electron chi connectivity index (χ1n) is 4.66. The van der Waals surface area contributed by atoms with Gasteiger partial charge in [0, 0.05) is 5.56 Å². The van der Waals surface area contributed by atoms with E-state index in [1.54, 1.807) is 14.0 Å². The van der Waals surface area contributed by atoms with Crippen LogP contribution in [-0.2, 0) is 0 Å². The predicted octanol–water partition coefficient (Wildman–Crippen LogP) is 2.36. The molecule has 4 nitrogen and oxygen atoms in total. The summed E-state index contributed by atoms with van der Waals surface area (Å²) < 4.78 is 10.3. The van der Waals surface area contributed by atoms with Crippen LogP contribution in [0.25, 0.3) is 11.5 Å². The Hall–Kier alpha value is -1.84. The quantitative estimate of drug-likeness (QED) is 0.753. The fourth-order valence-electron chi connectivity index (χ4n) is 1.37. The first-order valence-corrected chi connectivity index (χ1v) is 4.66. The zero-order chi connectivity index (χ0) is 10.8. The summed E-state index contributed by atoms with van der Waals surface area (Å²) in [6.45, 7) is 3.78. The summed E-state index contributed by atoms with van der Waals surface area (Å²) >= 11 is 0. The summed E-state index contributed by atoms with van der Waals surface area (Å²) in [5, 5.41) is 3.74. The van der Waals surface area contributed by atoms with Gasteiger partial charge in [-0.25, -0.2) is 0 Å². The molecule has 0 aliphatic heterocycles. The van der Waals surface area contributed by atoms with E-state index in [-0.39, 0.29) is 0 Å². The zero-order valence-corrected chi connectivity index (χ0v) is 8.94. The van der Waals surface area contributed by atoms with Crippen molar-refractivity contribution < 1.29 is 9.26 Å². The molecule has 15 heavy (non-hydrogen) atoms. The van der Waals surface area contributed by atoms with Crippen molar-refractivity contribution >= 4 is 0 Å². The molecule has 0 bridgehead atoms. The molecule has 0 unspecified atom stereocenters. The zero-order valence-electron chi connectivity index (χ0n) is 8.94. The molecular formula is C11H12N2O2. The van der Waals surface area contributed by atoms with E-state index in [9.17, 15) is 0 Å². The van der Waals surface area contributed by atoms with Crippen molar-refractivity contribution in [2.75, 3.05) is 7.11 Å². The molecule has 4 heteroatoms. The highest BCUT2D eigenvalue weighted by Gasteiger charge is 2.08. The van der Waals surface area contributed by atoms with Crippen molar-refractivity contribution in [3.8, 4) is 17.2 Å². The van der Waals surface area contributed by atoms with E-state index in [0.29, 0.717) is 11.7 Å². The maximum atomic E-state index is 5.22. The summed E-state index contributed by atoms with van der Waals surface area (Å²) in [6, 6.07) is 5.79. The first kappa shape index (κ1) is 9.71. The lowest BCUT2D eigenvalue weighted by molar-refractivity contribution is 0.410. The number of aryl methyl sites for hydroxylation is 2. The molecule has 0 saturated carbocycles. The molecular weight excluding hydrogens is 192 g/mol. The maximum absolute atomic E-state index is 5.22. The molecule has 0 aliphatic carbocycles. The third kappa shape index (κ3) is 1.83. The van der Waals surface area contributed by atoms with Gasteiger partial charge in [-0.2, -0.15) is 4.98 Å². The van der Waals surface area contributed by atoms with Crippen molar-refractivity contribution in [3.63, 3.8) is 0 Å². The minimum absolute atomic E-state index is 0.519. The molecule has 1 aromatic heterocycles. The van der Waals surface area contributed by atoms with E-state index >= 15 is 0 Å². The van der Waals surface area contributed by atoms with Gasteiger partial charge in [-0.3, -0.25) is 0 Å². The number of hydrogen-bond acceptors (Lipinski definition) is 4. The van der Waals surface area contributed by atoms with Gasteiger partial charge in [0.05, 0.1) is 7.11 Å². The van der Waals surface area contributed by atoms with Crippen LogP contribution in [0.2, 0.25) is 0 Å². The normalized spacial score (nSPS) is 10.3. The van der Waals surface area contributed by atoms with E-state index in [0.717, 1.165) is 16.9 Å². The van der Waals surface area contributed by atoms with Crippen LogP contribution >= 0.6 is 0 Å². The van der Waals surface area contributed by atoms with Gasteiger partial charge >= 0.3 is 0 Å². The van der Waals surface area contributed by atoms with Crippen LogP contribution in [0.1, 0.15) is 11.4 Å². The van der Waals surface area contributed by atoms with Gasteiger partial charge in [0.1, 0.15) is 5.75 Å². The second-order valence-corrected chi connectivity index (χ2v) is 3.33. The average Bonchev–Trinajstić information content (AvgIpc) is 2.66. The fraction of sp³-hybridized carbons (Fsp3) is 0.273. The third-order valence-corrected chi connectivity index (χ3v) is 2.18. The van der Waals surface area contributed by atoms with Crippen molar-refractivity contribution in [3.05, 3.63) is 29.6 Å². The van der Waals surface area contributed by atoms with Crippen LogP contribution in [0.15, 0.2) is 22.7 Å². The Labute approximate surface area is 87.9 Å². The molecule has 78 valence electrons. The number of ether oxygens (including phenoxy) is 1. The van der Waals surface area contributed by atoms with Gasteiger partial charge in [0.2, 0.25) is 0 Å². The lowest BCUT2D eigenvalue weighted by Gasteiger charge is -2.04. The van der Waals surface area contributed by atoms with Gasteiger partial charge in [-0.05, 0) is 31.5 Å². The lowest BCUT2D eigenvalue weighted by Crippen LogP contribution is -1.88. The second kappa shape index (κ2) is 3.73. The Bertz CT molecular complexity index is 477. The summed E-state index contributed by atoms with van der Waals surface area (Å²) in [6.07, 6.45) is 0. The van der Waals surface area contributed by atoms with E-state index < -0.39 is 0 Å². The lowest BCUT2D eigenvalue weighted by atomic mass is 10.1. The molecule has 0 N–H and O–H groups in total. The molecule has 0 fully saturated rings. The van der Waals surface area contributed by atoms with E-state index in [1.165, 1.54) is 0 Å². The topological polar surface area (TPSA) is 48.2 Å². The number of benzene rings is 1. The number of rotatable bonds is 2. The minimum atomic E-state index is 0.519. The van der Waals surface area contributed by atoms with Crippen LogP contribution in [0.5, 0.6) is 5.75 Å². The van der Waals surface area contributed by atoms with Crippen molar-refractivity contribution in [1.29, 1.82) is 0 Å². The monoisotopic (exact) mass is 204 g/mol. The number of nitrogens with zero attached hydrogens (tertiary/aromatic N) is 2. The summed E-state index contributed by atoms with van der Waals surface area (Å²) in [5.41, 5.74) is 1.95. The average molecular weight is 204 g/mol.